The topological polar surface area (TPSA) is 57.0 Å². The average molecular weight is 267 g/mol. The molecule has 0 aliphatic rings. The second-order valence-corrected chi connectivity index (χ2v) is 4.38. The first-order valence-electron chi connectivity index (χ1n) is 6.21. The highest BCUT2D eigenvalue weighted by Gasteiger charge is 2.09. The van der Waals surface area contributed by atoms with E-state index >= 15 is 0 Å². The van der Waals surface area contributed by atoms with E-state index < -0.39 is 0 Å². The van der Waals surface area contributed by atoms with Crippen molar-refractivity contribution in [2.75, 3.05) is 7.11 Å². The first-order chi connectivity index (χ1) is 9.81. The van der Waals surface area contributed by atoms with Crippen molar-refractivity contribution in [3.05, 3.63) is 54.0 Å². The van der Waals surface area contributed by atoms with E-state index in [0.717, 1.165) is 23.0 Å². The molecule has 20 heavy (non-hydrogen) atoms. The Morgan fingerprint density at radius 2 is 2.20 bits per heavy atom. The van der Waals surface area contributed by atoms with Crippen LogP contribution in [0.1, 0.15) is 16.1 Å². The lowest BCUT2D eigenvalue weighted by Gasteiger charge is -2.05. The number of fused-ring (bicyclic) bond motifs is 1. The van der Waals surface area contributed by atoms with Crippen molar-refractivity contribution in [1.29, 1.82) is 0 Å². The predicted molar refractivity (Wildman–Crippen MR) is 75.0 cm³/mol. The zero-order valence-corrected chi connectivity index (χ0v) is 11.0. The molecule has 0 bridgehead atoms. The van der Waals surface area contributed by atoms with Crippen molar-refractivity contribution in [2.45, 2.75) is 6.54 Å². The summed E-state index contributed by atoms with van der Waals surface area (Å²) in [5, 5.41) is 0.852. The molecule has 0 N–H and O–H groups in total. The van der Waals surface area contributed by atoms with Crippen LogP contribution in [0.3, 0.4) is 0 Å². The van der Waals surface area contributed by atoms with Crippen LogP contribution < -0.4 is 4.74 Å². The minimum absolute atomic E-state index is 0.540. The van der Waals surface area contributed by atoms with Gasteiger partial charge in [0.25, 0.3) is 0 Å². The second kappa shape index (κ2) is 5.13. The lowest BCUT2D eigenvalue weighted by molar-refractivity contribution is 0.112. The molecule has 0 atom stereocenters. The molecule has 0 spiro atoms. The van der Waals surface area contributed by atoms with Gasteiger partial charge in [-0.2, -0.15) is 0 Å². The van der Waals surface area contributed by atoms with Crippen molar-refractivity contribution in [3.63, 3.8) is 0 Å². The highest BCUT2D eigenvalue weighted by atomic mass is 16.5. The molecule has 0 aromatic carbocycles. The van der Waals surface area contributed by atoms with Crippen LogP contribution >= 0.6 is 0 Å². The maximum absolute atomic E-state index is 11.1. The molecule has 0 aliphatic carbocycles. The Morgan fingerprint density at radius 3 is 3.00 bits per heavy atom. The number of pyridine rings is 2. The van der Waals surface area contributed by atoms with Gasteiger partial charge in [-0.1, -0.05) is 6.07 Å². The summed E-state index contributed by atoms with van der Waals surface area (Å²) in [5.74, 6) is 0.572. The first kappa shape index (κ1) is 12.3. The largest absolute Gasteiger partial charge is 0.481 e. The van der Waals surface area contributed by atoms with Gasteiger partial charge in [-0.05, 0) is 18.2 Å². The Bertz CT molecular complexity index is 765. The summed E-state index contributed by atoms with van der Waals surface area (Å²) >= 11 is 0. The minimum Gasteiger partial charge on any atom is -0.481 e. The number of aldehydes is 1. The quantitative estimate of drug-likeness (QED) is 0.681. The number of carbonyl (C=O) groups excluding carboxylic acids is 1. The molecule has 0 fully saturated rings. The molecule has 3 heterocycles. The van der Waals surface area contributed by atoms with E-state index in [-0.39, 0.29) is 0 Å². The average Bonchev–Trinajstić information content (AvgIpc) is 2.86. The van der Waals surface area contributed by atoms with E-state index in [1.54, 1.807) is 25.6 Å². The molecule has 100 valence electrons. The zero-order valence-electron chi connectivity index (χ0n) is 11.0. The lowest BCUT2D eigenvalue weighted by Crippen LogP contribution is -2.02. The summed E-state index contributed by atoms with van der Waals surface area (Å²) in [6, 6.07) is 9.32. The maximum Gasteiger partial charge on any atom is 0.213 e. The van der Waals surface area contributed by atoms with E-state index in [9.17, 15) is 4.79 Å². The van der Waals surface area contributed by atoms with E-state index in [1.807, 2.05) is 28.8 Å². The molecule has 3 rings (SSSR count). The van der Waals surface area contributed by atoms with Gasteiger partial charge in [0, 0.05) is 29.4 Å². The molecule has 0 unspecified atom stereocenters. The Labute approximate surface area is 115 Å². The number of ether oxygens (including phenoxy) is 1. The standard InChI is InChI=1S/C15H13N3O2/c1-20-14-6-2-4-12(17-14)9-18-8-11(10-19)13-5-3-7-16-15(13)18/h2-8,10H,9H2,1H3. The van der Waals surface area contributed by atoms with Crippen LogP contribution in [-0.4, -0.2) is 27.9 Å². The van der Waals surface area contributed by atoms with Crippen LogP contribution in [0.2, 0.25) is 0 Å². The van der Waals surface area contributed by atoms with Crippen molar-refractivity contribution >= 4 is 17.3 Å². The number of carbonyl (C=O) groups is 1. The molecular weight excluding hydrogens is 254 g/mol. The summed E-state index contributed by atoms with van der Waals surface area (Å²) < 4.78 is 7.03. The van der Waals surface area contributed by atoms with Gasteiger partial charge < -0.3 is 9.30 Å². The van der Waals surface area contributed by atoms with Crippen molar-refractivity contribution in [2.24, 2.45) is 0 Å². The molecule has 3 aromatic heterocycles. The zero-order chi connectivity index (χ0) is 13.9. The van der Waals surface area contributed by atoms with E-state index in [2.05, 4.69) is 9.97 Å². The maximum atomic E-state index is 11.1. The Hall–Kier alpha value is -2.69. The SMILES string of the molecule is COc1cccc(Cn2cc(C=O)c3cccnc32)n1. The number of hydrogen-bond acceptors (Lipinski definition) is 4. The van der Waals surface area contributed by atoms with Gasteiger partial charge in [0.1, 0.15) is 5.65 Å². The summed E-state index contributed by atoms with van der Waals surface area (Å²) in [7, 11) is 1.59. The summed E-state index contributed by atoms with van der Waals surface area (Å²) in [4.78, 5) is 19.8. The van der Waals surface area contributed by atoms with Crippen LogP contribution in [-0.2, 0) is 6.54 Å². The van der Waals surface area contributed by atoms with Gasteiger partial charge in [0.05, 0.1) is 19.3 Å². The van der Waals surface area contributed by atoms with Crippen molar-refractivity contribution in [3.8, 4) is 5.88 Å². The normalized spacial score (nSPS) is 10.7. The third kappa shape index (κ3) is 2.14. The fourth-order valence-corrected chi connectivity index (χ4v) is 2.20. The highest BCUT2D eigenvalue weighted by Crippen LogP contribution is 2.19. The van der Waals surface area contributed by atoms with Crippen molar-refractivity contribution < 1.29 is 9.53 Å². The smallest absolute Gasteiger partial charge is 0.213 e. The lowest BCUT2D eigenvalue weighted by atomic mass is 10.2. The van der Waals surface area contributed by atoms with E-state index in [0.29, 0.717) is 18.0 Å². The summed E-state index contributed by atoms with van der Waals surface area (Å²) in [6.07, 6.45) is 4.36. The molecule has 0 amide bonds. The minimum atomic E-state index is 0.540. The summed E-state index contributed by atoms with van der Waals surface area (Å²) in [6.45, 7) is 0.540. The molecule has 0 aliphatic heterocycles. The van der Waals surface area contributed by atoms with Gasteiger partial charge in [-0.3, -0.25) is 4.79 Å². The van der Waals surface area contributed by atoms with Gasteiger partial charge >= 0.3 is 0 Å². The molecule has 3 aromatic rings. The van der Waals surface area contributed by atoms with Crippen molar-refractivity contribution in [1.82, 2.24) is 14.5 Å². The van der Waals surface area contributed by atoms with Crippen LogP contribution in [0.15, 0.2) is 42.7 Å². The van der Waals surface area contributed by atoms with Gasteiger partial charge in [-0.15, -0.1) is 0 Å². The highest BCUT2D eigenvalue weighted by molar-refractivity contribution is 5.95. The number of aromatic nitrogens is 3. The molecular formula is C15H13N3O2. The van der Waals surface area contributed by atoms with E-state index in [1.165, 1.54) is 0 Å². The Morgan fingerprint density at radius 1 is 1.30 bits per heavy atom. The molecule has 5 heteroatoms. The number of methoxy groups -OCH3 is 1. The fraction of sp³-hybridized carbons (Fsp3) is 0.133. The van der Waals surface area contributed by atoms with Gasteiger partial charge in [-0.25, -0.2) is 9.97 Å². The number of hydrogen-bond donors (Lipinski definition) is 0. The van der Waals surface area contributed by atoms with Crippen LogP contribution in [0, 0.1) is 0 Å². The molecule has 5 nitrogen and oxygen atoms in total. The van der Waals surface area contributed by atoms with Gasteiger partial charge in [0.15, 0.2) is 6.29 Å². The second-order valence-electron chi connectivity index (χ2n) is 4.38. The van der Waals surface area contributed by atoms with Crippen LogP contribution in [0.4, 0.5) is 0 Å². The predicted octanol–water partition coefficient (Wildman–Crippen LogP) is 2.30. The van der Waals surface area contributed by atoms with Crippen LogP contribution in [0.5, 0.6) is 5.88 Å². The molecule has 0 saturated carbocycles. The monoisotopic (exact) mass is 267 g/mol. The Kier molecular flexibility index (Phi) is 3.16. The fourth-order valence-electron chi connectivity index (χ4n) is 2.20. The van der Waals surface area contributed by atoms with Gasteiger partial charge in [0.2, 0.25) is 5.88 Å². The van der Waals surface area contributed by atoms with E-state index in [4.69, 9.17) is 4.74 Å². The molecule has 0 saturated heterocycles. The Balaban J connectivity index is 2.04. The third-order valence-corrected chi connectivity index (χ3v) is 3.11. The number of rotatable bonds is 4. The first-order valence-corrected chi connectivity index (χ1v) is 6.21. The van der Waals surface area contributed by atoms with Crippen LogP contribution in [0.25, 0.3) is 11.0 Å². The summed E-state index contributed by atoms with van der Waals surface area (Å²) in [5.41, 5.74) is 2.26. The number of nitrogens with zero attached hydrogens (tertiary/aromatic N) is 3. The third-order valence-electron chi connectivity index (χ3n) is 3.11. The molecule has 0 radical (unpaired) electrons.